The summed E-state index contributed by atoms with van der Waals surface area (Å²) in [6.07, 6.45) is 0. The average Bonchev–Trinajstić information content (AvgIpc) is 2.59. The molecule has 6 heteroatoms. The first-order valence-corrected chi connectivity index (χ1v) is 7.58. The van der Waals surface area contributed by atoms with Gasteiger partial charge in [-0.05, 0) is 48.6 Å². The highest BCUT2D eigenvalue weighted by Crippen LogP contribution is 2.25. The van der Waals surface area contributed by atoms with Gasteiger partial charge in [0.2, 0.25) is 0 Å². The van der Waals surface area contributed by atoms with Crippen LogP contribution in [0.3, 0.4) is 0 Å². The zero-order chi connectivity index (χ0) is 16.5. The highest BCUT2D eigenvalue weighted by atomic mass is 32.1. The first-order valence-electron chi connectivity index (χ1n) is 7.17. The summed E-state index contributed by atoms with van der Waals surface area (Å²) >= 11 is 5.24. The van der Waals surface area contributed by atoms with E-state index >= 15 is 0 Å². The molecule has 2 N–H and O–H groups in total. The summed E-state index contributed by atoms with van der Waals surface area (Å²) in [6.45, 7) is 1.06. The molecule has 0 spiro atoms. The lowest BCUT2D eigenvalue weighted by molar-refractivity contribution is 0.298. The molecule has 0 heterocycles. The van der Waals surface area contributed by atoms with Gasteiger partial charge in [-0.25, -0.2) is 0 Å². The normalized spacial score (nSPS) is 9.83. The first kappa shape index (κ1) is 16.9. The van der Waals surface area contributed by atoms with Crippen molar-refractivity contribution in [3.8, 4) is 17.2 Å². The van der Waals surface area contributed by atoms with Crippen molar-refractivity contribution in [2.24, 2.45) is 0 Å². The molecule has 0 aliphatic heterocycles. The van der Waals surface area contributed by atoms with Crippen LogP contribution in [0.2, 0.25) is 0 Å². The lowest BCUT2D eigenvalue weighted by atomic mass is 10.3. The van der Waals surface area contributed by atoms with Gasteiger partial charge in [0.15, 0.2) is 16.6 Å². The molecule has 0 atom stereocenters. The Morgan fingerprint density at radius 2 is 1.65 bits per heavy atom. The summed E-state index contributed by atoms with van der Waals surface area (Å²) in [5.74, 6) is 2.23. The van der Waals surface area contributed by atoms with Crippen molar-refractivity contribution in [1.82, 2.24) is 5.32 Å². The number of thiocarbonyl (C=S) groups is 1. The van der Waals surface area contributed by atoms with E-state index in [2.05, 4.69) is 10.6 Å². The minimum absolute atomic E-state index is 0.477. The molecule has 0 fully saturated rings. The van der Waals surface area contributed by atoms with Crippen molar-refractivity contribution in [1.29, 1.82) is 0 Å². The monoisotopic (exact) mass is 332 g/mol. The summed E-state index contributed by atoms with van der Waals surface area (Å²) in [7, 11) is 3.25. The molecule has 0 aliphatic rings. The Labute approximate surface area is 141 Å². The minimum atomic E-state index is 0.477. The molecular formula is C17H20N2O3S. The summed E-state index contributed by atoms with van der Waals surface area (Å²) < 4.78 is 16.0. The van der Waals surface area contributed by atoms with Crippen molar-refractivity contribution < 1.29 is 14.2 Å². The van der Waals surface area contributed by atoms with Crippen molar-refractivity contribution >= 4 is 23.0 Å². The van der Waals surface area contributed by atoms with E-state index in [9.17, 15) is 0 Å². The van der Waals surface area contributed by atoms with Gasteiger partial charge in [-0.15, -0.1) is 0 Å². The number of anilines is 1. The van der Waals surface area contributed by atoms with Crippen LogP contribution >= 0.6 is 12.2 Å². The van der Waals surface area contributed by atoms with Crippen LogP contribution in [0.4, 0.5) is 5.69 Å². The first-order chi connectivity index (χ1) is 11.2. The number of ether oxygens (including phenoxy) is 3. The minimum Gasteiger partial charge on any atom is -0.497 e. The van der Waals surface area contributed by atoms with Gasteiger partial charge < -0.3 is 24.8 Å². The molecule has 2 rings (SSSR count). The van der Waals surface area contributed by atoms with Gasteiger partial charge in [-0.3, -0.25) is 0 Å². The lowest BCUT2D eigenvalue weighted by Gasteiger charge is -2.13. The van der Waals surface area contributed by atoms with Crippen LogP contribution < -0.4 is 24.8 Å². The Morgan fingerprint density at radius 1 is 0.957 bits per heavy atom. The van der Waals surface area contributed by atoms with Crippen molar-refractivity contribution in [3.63, 3.8) is 0 Å². The Morgan fingerprint density at radius 3 is 2.30 bits per heavy atom. The molecule has 23 heavy (non-hydrogen) atoms. The van der Waals surface area contributed by atoms with E-state index in [1.54, 1.807) is 14.2 Å². The van der Waals surface area contributed by atoms with Crippen LogP contribution in [0.15, 0.2) is 48.5 Å². The van der Waals surface area contributed by atoms with E-state index in [4.69, 9.17) is 26.4 Å². The van der Waals surface area contributed by atoms with Crippen molar-refractivity contribution in [2.45, 2.75) is 0 Å². The zero-order valence-corrected chi connectivity index (χ0v) is 14.0. The second kappa shape index (κ2) is 8.85. The molecule has 0 saturated carbocycles. The molecule has 0 radical (unpaired) electrons. The van der Waals surface area contributed by atoms with Gasteiger partial charge in [0, 0.05) is 5.69 Å². The van der Waals surface area contributed by atoms with Gasteiger partial charge in [-0.2, -0.15) is 0 Å². The summed E-state index contributed by atoms with van der Waals surface area (Å²) in [4.78, 5) is 0. The van der Waals surface area contributed by atoms with E-state index in [1.165, 1.54) is 0 Å². The van der Waals surface area contributed by atoms with E-state index in [-0.39, 0.29) is 0 Å². The molecule has 5 nitrogen and oxygen atoms in total. The molecule has 0 amide bonds. The molecule has 2 aromatic carbocycles. The molecule has 122 valence electrons. The highest BCUT2D eigenvalue weighted by molar-refractivity contribution is 7.80. The van der Waals surface area contributed by atoms with Gasteiger partial charge >= 0.3 is 0 Å². The smallest absolute Gasteiger partial charge is 0.170 e. The molecule has 0 unspecified atom stereocenters. The van der Waals surface area contributed by atoms with Crippen LogP contribution in [0, 0.1) is 0 Å². The largest absolute Gasteiger partial charge is 0.497 e. The van der Waals surface area contributed by atoms with Crippen LogP contribution in [0.25, 0.3) is 0 Å². The third kappa shape index (κ3) is 5.34. The van der Waals surface area contributed by atoms with Gasteiger partial charge in [-0.1, -0.05) is 12.1 Å². The highest BCUT2D eigenvalue weighted by Gasteiger charge is 2.02. The Bertz CT molecular complexity index is 632. The fourth-order valence-corrected chi connectivity index (χ4v) is 2.13. The molecule has 0 aliphatic carbocycles. The van der Waals surface area contributed by atoms with E-state index in [0.29, 0.717) is 29.8 Å². The fraction of sp³-hybridized carbons (Fsp3) is 0.235. The molecule has 0 bridgehead atoms. The van der Waals surface area contributed by atoms with Gasteiger partial charge in [0.1, 0.15) is 12.4 Å². The number of benzene rings is 2. The topological polar surface area (TPSA) is 51.8 Å². The second-order valence-electron chi connectivity index (χ2n) is 4.61. The lowest BCUT2D eigenvalue weighted by Crippen LogP contribution is -2.31. The van der Waals surface area contributed by atoms with E-state index in [1.807, 2.05) is 48.5 Å². The molecule has 0 saturated heterocycles. The van der Waals surface area contributed by atoms with Crippen LogP contribution in [0.1, 0.15) is 0 Å². The van der Waals surface area contributed by atoms with E-state index in [0.717, 1.165) is 11.4 Å². The number of hydrogen-bond acceptors (Lipinski definition) is 4. The van der Waals surface area contributed by atoms with Crippen molar-refractivity contribution in [3.05, 3.63) is 48.5 Å². The zero-order valence-electron chi connectivity index (χ0n) is 13.2. The van der Waals surface area contributed by atoms with Gasteiger partial charge in [0.05, 0.1) is 20.8 Å². The maximum atomic E-state index is 5.67. The number of nitrogens with one attached hydrogen (secondary N) is 2. The summed E-state index contributed by atoms with van der Waals surface area (Å²) in [5, 5.41) is 6.73. The van der Waals surface area contributed by atoms with Gasteiger partial charge in [0.25, 0.3) is 0 Å². The summed E-state index contributed by atoms with van der Waals surface area (Å²) in [6, 6.07) is 15.1. The molecule has 0 aromatic heterocycles. The number of rotatable bonds is 7. The number of methoxy groups -OCH3 is 2. The van der Waals surface area contributed by atoms with Crippen LogP contribution in [-0.2, 0) is 0 Å². The molecule has 2 aromatic rings. The standard InChI is InChI=1S/C17H20N2O3S/c1-20-14-9-7-13(8-10-14)19-17(23)18-11-12-22-16-6-4-3-5-15(16)21-2/h3-10H,11-12H2,1-2H3,(H2,18,19,23). The number of para-hydroxylation sites is 2. The Balaban J connectivity index is 1.72. The van der Waals surface area contributed by atoms with Crippen molar-refractivity contribution in [2.75, 3.05) is 32.7 Å². The maximum absolute atomic E-state index is 5.67. The van der Waals surface area contributed by atoms with Crippen LogP contribution in [0.5, 0.6) is 17.2 Å². The fourth-order valence-electron chi connectivity index (χ4n) is 1.91. The third-order valence-corrected chi connectivity index (χ3v) is 3.31. The average molecular weight is 332 g/mol. The predicted octanol–water partition coefficient (Wildman–Crippen LogP) is 3.07. The third-order valence-electron chi connectivity index (χ3n) is 3.06. The predicted molar refractivity (Wildman–Crippen MR) is 95.7 cm³/mol. The van der Waals surface area contributed by atoms with Crippen LogP contribution in [-0.4, -0.2) is 32.5 Å². The summed E-state index contributed by atoms with van der Waals surface area (Å²) in [5.41, 5.74) is 0.897. The SMILES string of the molecule is COc1ccc(NC(=S)NCCOc2ccccc2OC)cc1. The number of hydrogen-bond donors (Lipinski definition) is 2. The maximum Gasteiger partial charge on any atom is 0.170 e. The molecular weight excluding hydrogens is 312 g/mol. The Hall–Kier alpha value is -2.47. The van der Waals surface area contributed by atoms with E-state index < -0.39 is 0 Å². The quantitative estimate of drug-likeness (QED) is 0.600. The second-order valence-corrected chi connectivity index (χ2v) is 5.02. The Kier molecular flexibility index (Phi) is 6.50.